The molecule has 0 saturated heterocycles. The van der Waals surface area contributed by atoms with Crippen LogP contribution in [0.4, 0.5) is 30.5 Å². The number of imidazole rings is 1. The number of halogens is 3. The second-order valence-electron chi connectivity index (χ2n) is 16.7. The van der Waals surface area contributed by atoms with Crippen molar-refractivity contribution in [3.05, 3.63) is 114 Å². The second kappa shape index (κ2) is 26.1. The summed E-state index contributed by atoms with van der Waals surface area (Å²) in [5.74, 6) is 1.40. The largest absolute Gasteiger partial charge is 0.490 e. The number of allylic oxidation sites excluding steroid dienone is 2. The Morgan fingerprint density at radius 2 is 1.44 bits per heavy atom. The van der Waals surface area contributed by atoms with Gasteiger partial charge < -0.3 is 53.7 Å². The zero-order chi connectivity index (χ0) is 49.1. The summed E-state index contributed by atoms with van der Waals surface area (Å²) in [6.45, 7) is 9.53. The molecule has 2 bridgehead atoms. The molecule has 3 atom stereocenters. The fourth-order valence-electron chi connectivity index (χ4n) is 7.88. The summed E-state index contributed by atoms with van der Waals surface area (Å²) < 4.78 is 82.1. The molecule has 2 amide bonds. The highest BCUT2D eigenvalue weighted by Gasteiger charge is 2.39. The molecule has 0 aliphatic heterocycles. The molecule has 0 spiro atoms. The monoisotopic (exact) mass is 972 g/mol. The fourth-order valence-corrected chi connectivity index (χ4v) is 7.88. The molecule has 374 valence electrons. The number of anilines is 3. The van der Waals surface area contributed by atoms with E-state index in [-0.39, 0.29) is 41.3 Å². The van der Waals surface area contributed by atoms with Crippen molar-refractivity contribution in [2.45, 2.75) is 32.9 Å². The van der Waals surface area contributed by atoms with Gasteiger partial charge in [0.1, 0.15) is 12.4 Å². The Hall–Kier alpha value is -6.29. The summed E-state index contributed by atoms with van der Waals surface area (Å²) in [6.07, 6.45) is 9.68. The maximum Gasteiger partial charge on any atom is 0.416 e. The van der Waals surface area contributed by atoms with Gasteiger partial charge in [-0.1, -0.05) is 18.2 Å². The van der Waals surface area contributed by atoms with E-state index in [1.54, 1.807) is 62.0 Å². The number of rotatable bonds is 29. The second-order valence-corrected chi connectivity index (χ2v) is 16.7. The number of amides is 2. The first-order valence-corrected chi connectivity index (χ1v) is 23.2. The lowest BCUT2D eigenvalue weighted by Gasteiger charge is -2.17. The fraction of sp³-hybridized carbons (Fsp3) is 0.440. The van der Waals surface area contributed by atoms with Crippen LogP contribution in [0.2, 0.25) is 0 Å². The molecule has 0 unspecified atom stereocenters. The van der Waals surface area contributed by atoms with E-state index >= 15 is 0 Å². The summed E-state index contributed by atoms with van der Waals surface area (Å²) in [5, 5.41) is 8.74. The van der Waals surface area contributed by atoms with Gasteiger partial charge in [0.25, 0.3) is 5.91 Å². The first-order chi connectivity index (χ1) is 34.0. The number of aromatic nitrogens is 5. The number of hydrogen-bond acceptors (Lipinski definition) is 14. The number of fused-ring (bicyclic) bond motifs is 2. The molecule has 2 aliphatic carbocycles. The molecule has 1 fully saturated rings. The van der Waals surface area contributed by atoms with E-state index in [9.17, 15) is 22.8 Å². The van der Waals surface area contributed by atoms with Gasteiger partial charge in [0.2, 0.25) is 11.9 Å². The van der Waals surface area contributed by atoms with E-state index in [0.29, 0.717) is 126 Å². The van der Waals surface area contributed by atoms with Gasteiger partial charge in [-0.2, -0.15) is 13.2 Å². The van der Waals surface area contributed by atoms with Crippen LogP contribution in [0.5, 0.6) is 5.75 Å². The third kappa shape index (κ3) is 15.9. The summed E-state index contributed by atoms with van der Waals surface area (Å²) in [5.41, 5.74) is 2.61. The van der Waals surface area contributed by atoms with Gasteiger partial charge in [0, 0.05) is 59.2 Å². The zero-order valence-electron chi connectivity index (χ0n) is 39.3. The number of benzene rings is 2. The van der Waals surface area contributed by atoms with Crippen molar-refractivity contribution >= 4 is 29.1 Å². The molecule has 3 N–H and O–H groups in total. The third-order valence-corrected chi connectivity index (χ3v) is 11.4. The summed E-state index contributed by atoms with van der Waals surface area (Å²) >= 11 is 0. The van der Waals surface area contributed by atoms with Crippen molar-refractivity contribution in [2.75, 3.05) is 103 Å². The van der Waals surface area contributed by atoms with Crippen LogP contribution < -0.4 is 20.7 Å². The van der Waals surface area contributed by atoms with Gasteiger partial charge in [-0.25, -0.2) is 15.0 Å². The third-order valence-electron chi connectivity index (χ3n) is 11.4. The Labute approximate surface area is 404 Å². The first-order valence-electron chi connectivity index (χ1n) is 23.2. The van der Waals surface area contributed by atoms with Crippen LogP contribution in [0.1, 0.15) is 40.0 Å². The minimum Gasteiger partial charge on any atom is -0.490 e. The van der Waals surface area contributed by atoms with E-state index in [1.807, 2.05) is 6.92 Å². The van der Waals surface area contributed by atoms with Crippen LogP contribution in [-0.4, -0.2) is 129 Å². The van der Waals surface area contributed by atoms with E-state index < -0.39 is 17.6 Å². The lowest BCUT2D eigenvalue weighted by molar-refractivity contribution is -0.137. The van der Waals surface area contributed by atoms with Gasteiger partial charge >= 0.3 is 6.18 Å². The zero-order valence-corrected chi connectivity index (χ0v) is 39.3. The van der Waals surface area contributed by atoms with Crippen molar-refractivity contribution in [3.63, 3.8) is 0 Å². The number of pyridine rings is 1. The quantitative estimate of drug-likeness (QED) is 0.0323. The molecular weight excluding hydrogens is 914 g/mol. The number of alkyl halides is 3. The Balaban J connectivity index is 0.722. The van der Waals surface area contributed by atoms with Crippen molar-refractivity contribution in [1.82, 2.24) is 29.8 Å². The smallest absolute Gasteiger partial charge is 0.416 e. The molecule has 5 aromatic rings. The Morgan fingerprint density at radius 3 is 2.07 bits per heavy atom. The number of carbonyl (C=O) groups is 2. The molecular formula is C50H59F3N8O9. The van der Waals surface area contributed by atoms with Crippen LogP contribution >= 0.6 is 0 Å². The average molecular weight is 973 g/mol. The highest BCUT2D eigenvalue weighted by atomic mass is 19.4. The van der Waals surface area contributed by atoms with E-state index in [1.165, 1.54) is 17.0 Å². The number of carbonyl (C=O) groups excluding carboxylic acids is 2. The Bertz CT molecular complexity index is 2510. The van der Waals surface area contributed by atoms with Gasteiger partial charge in [-0.3, -0.25) is 14.6 Å². The predicted molar refractivity (Wildman–Crippen MR) is 253 cm³/mol. The van der Waals surface area contributed by atoms with E-state index in [0.717, 1.165) is 30.5 Å². The standard InChI is InChI=1S/C50H59F3N8O9/c1-34-3-5-38(47(62)58-41-27-40(50(51,52)53)28-42(29-41)61-32-35(2)57-33-61)26-46(34)60-49-56-8-7-45(59-49)39-25-43(31-54-30-39)70-22-21-69-20-19-68-18-17-67-16-15-66-14-13-65-12-11-64-10-9-55-48(63)44-24-36-4-6-37(44)23-36/h3-8,25-33,36-37,44H,9-24H2,1-2H3,(H,55,63)(H,58,62)(H,56,59,60)/t36-,37+,44-/m0/s1. The SMILES string of the molecule is Cc1cn(-c2cc(NC(=O)c3ccc(C)c(Nc4nccc(-c5cncc(OCCOCCOCCOCCOCCOCCOCCNC(=O)[C@H]6C[C@H]7C=C[C@@H]6C7)c5)n4)c3)cc(C(F)(F)F)c2)cn1. The maximum atomic E-state index is 13.8. The van der Waals surface area contributed by atoms with Crippen LogP contribution in [0, 0.1) is 31.6 Å². The number of hydrogen-bond donors (Lipinski definition) is 3. The van der Waals surface area contributed by atoms with Crippen molar-refractivity contribution in [3.8, 4) is 22.7 Å². The van der Waals surface area contributed by atoms with Gasteiger partial charge in [-0.15, -0.1) is 0 Å². The summed E-state index contributed by atoms with van der Waals surface area (Å²) in [6, 6.07) is 11.7. The lowest BCUT2D eigenvalue weighted by Crippen LogP contribution is -2.35. The van der Waals surface area contributed by atoms with Crippen molar-refractivity contribution in [2.24, 2.45) is 17.8 Å². The minimum atomic E-state index is -4.64. The maximum absolute atomic E-state index is 13.8. The van der Waals surface area contributed by atoms with Gasteiger partial charge in [0.15, 0.2) is 0 Å². The summed E-state index contributed by atoms with van der Waals surface area (Å²) in [7, 11) is 0. The molecule has 3 aromatic heterocycles. The topological polar surface area (TPSA) is 191 Å². The first kappa shape index (κ1) is 51.6. The van der Waals surface area contributed by atoms with Crippen molar-refractivity contribution in [1.29, 1.82) is 0 Å². The Kier molecular flexibility index (Phi) is 19.2. The molecule has 2 aromatic carbocycles. The number of nitrogens with one attached hydrogen (secondary N) is 3. The number of ether oxygens (including phenoxy) is 7. The Morgan fingerprint density at radius 1 is 0.757 bits per heavy atom. The molecule has 3 heterocycles. The van der Waals surface area contributed by atoms with Crippen LogP contribution in [0.15, 0.2) is 91.8 Å². The number of nitrogens with zero attached hydrogens (tertiary/aromatic N) is 5. The van der Waals surface area contributed by atoms with Crippen LogP contribution in [-0.2, 0) is 39.4 Å². The molecule has 17 nitrogen and oxygen atoms in total. The van der Waals surface area contributed by atoms with Crippen LogP contribution in [0.25, 0.3) is 16.9 Å². The molecule has 1 saturated carbocycles. The predicted octanol–water partition coefficient (Wildman–Crippen LogP) is 7.16. The molecule has 2 aliphatic rings. The minimum absolute atomic E-state index is 0.0289. The van der Waals surface area contributed by atoms with Crippen molar-refractivity contribution < 1.29 is 55.9 Å². The van der Waals surface area contributed by atoms with E-state index in [2.05, 4.69) is 48.0 Å². The average Bonchev–Trinajstić information content (AvgIpc) is 4.12. The molecule has 7 rings (SSSR count). The highest BCUT2D eigenvalue weighted by Crippen LogP contribution is 2.43. The normalized spacial score (nSPS) is 16.2. The number of aryl methyl sites for hydroxylation is 2. The molecule has 20 heteroatoms. The highest BCUT2D eigenvalue weighted by molar-refractivity contribution is 6.05. The summed E-state index contributed by atoms with van der Waals surface area (Å²) in [4.78, 5) is 43.1. The lowest BCUT2D eigenvalue weighted by atomic mass is 9.93. The van der Waals surface area contributed by atoms with Crippen LogP contribution in [0.3, 0.4) is 0 Å². The molecule has 70 heavy (non-hydrogen) atoms. The molecule has 0 radical (unpaired) electrons. The van der Waals surface area contributed by atoms with E-state index in [4.69, 9.17) is 33.2 Å². The van der Waals surface area contributed by atoms with Gasteiger partial charge in [-0.05, 0) is 86.6 Å². The van der Waals surface area contributed by atoms with Gasteiger partial charge in [0.05, 0.1) is 109 Å².